The van der Waals surface area contributed by atoms with Gasteiger partial charge >= 0.3 is 11.8 Å². The van der Waals surface area contributed by atoms with Gasteiger partial charge in [-0.2, -0.15) is 0 Å². The fourth-order valence-electron chi connectivity index (χ4n) is 1.50. The number of anilines is 1. The van der Waals surface area contributed by atoms with Crippen LogP contribution in [-0.2, 0) is 16.0 Å². The summed E-state index contributed by atoms with van der Waals surface area (Å²) in [5.74, 6) is -1.34. The lowest BCUT2D eigenvalue weighted by Crippen LogP contribution is -2.37. The second kappa shape index (κ2) is 7.45. The summed E-state index contributed by atoms with van der Waals surface area (Å²) in [7, 11) is 0. The molecule has 1 aromatic carbocycles. The third-order valence-corrected chi connectivity index (χ3v) is 2.39. The molecule has 0 aromatic heterocycles. The third kappa shape index (κ3) is 4.55. The Morgan fingerprint density at radius 3 is 2.39 bits per heavy atom. The molecule has 0 aliphatic heterocycles. The first-order chi connectivity index (χ1) is 8.67. The van der Waals surface area contributed by atoms with Crippen molar-refractivity contribution in [3.05, 3.63) is 29.8 Å². The molecule has 5 heteroatoms. The van der Waals surface area contributed by atoms with E-state index >= 15 is 0 Å². The van der Waals surface area contributed by atoms with Gasteiger partial charge in [-0.3, -0.25) is 9.59 Å². The van der Waals surface area contributed by atoms with Crippen molar-refractivity contribution in [2.75, 3.05) is 18.4 Å². The van der Waals surface area contributed by atoms with E-state index in [1.54, 1.807) is 12.1 Å². The van der Waals surface area contributed by atoms with Crippen LogP contribution in [0.1, 0.15) is 18.9 Å². The lowest BCUT2D eigenvalue weighted by Gasteiger charge is -2.06. The van der Waals surface area contributed by atoms with Crippen LogP contribution in [0.2, 0.25) is 0 Å². The van der Waals surface area contributed by atoms with Gasteiger partial charge in [0.15, 0.2) is 0 Å². The molecule has 5 nitrogen and oxygen atoms in total. The first-order valence-electron chi connectivity index (χ1n) is 6.05. The Bertz CT molecular complexity index is 401. The van der Waals surface area contributed by atoms with Crippen LogP contribution in [-0.4, -0.2) is 24.9 Å². The van der Waals surface area contributed by atoms with Crippen LogP contribution in [0.4, 0.5) is 5.69 Å². The minimum absolute atomic E-state index is 0.293. The molecule has 0 spiro atoms. The van der Waals surface area contributed by atoms with E-state index in [2.05, 4.69) is 17.6 Å². The Morgan fingerprint density at radius 1 is 1.17 bits per heavy atom. The highest BCUT2D eigenvalue weighted by molar-refractivity contribution is 6.39. The molecular weight excluding hydrogens is 230 g/mol. The molecule has 1 rings (SSSR count). The topological polar surface area (TPSA) is 84.2 Å². The van der Waals surface area contributed by atoms with E-state index in [0.717, 1.165) is 12.8 Å². The fourth-order valence-corrected chi connectivity index (χ4v) is 1.50. The van der Waals surface area contributed by atoms with Crippen molar-refractivity contribution in [1.82, 2.24) is 5.32 Å². The largest absolute Gasteiger partial charge is 0.347 e. The van der Waals surface area contributed by atoms with Crippen LogP contribution < -0.4 is 16.4 Å². The highest BCUT2D eigenvalue weighted by atomic mass is 16.2. The maximum absolute atomic E-state index is 11.5. The Morgan fingerprint density at radius 2 is 1.83 bits per heavy atom. The highest BCUT2D eigenvalue weighted by Gasteiger charge is 2.12. The van der Waals surface area contributed by atoms with E-state index in [1.165, 1.54) is 5.56 Å². The number of nitrogens with two attached hydrogens (primary N) is 1. The van der Waals surface area contributed by atoms with E-state index in [1.807, 2.05) is 12.1 Å². The van der Waals surface area contributed by atoms with Crippen molar-refractivity contribution in [1.29, 1.82) is 0 Å². The number of amides is 2. The van der Waals surface area contributed by atoms with Crippen molar-refractivity contribution in [2.45, 2.75) is 19.8 Å². The molecule has 18 heavy (non-hydrogen) atoms. The Hall–Kier alpha value is -1.88. The predicted molar refractivity (Wildman–Crippen MR) is 71.1 cm³/mol. The lowest BCUT2D eigenvalue weighted by atomic mass is 10.1. The summed E-state index contributed by atoms with van der Waals surface area (Å²) in [5, 5.41) is 4.94. The molecule has 0 fully saturated rings. The quantitative estimate of drug-likeness (QED) is 0.670. The average molecular weight is 249 g/mol. The third-order valence-electron chi connectivity index (χ3n) is 2.39. The van der Waals surface area contributed by atoms with Crippen LogP contribution >= 0.6 is 0 Å². The van der Waals surface area contributed by atoms with Crippen molar-refractivity contribution in [3.8, 4) is 0 Å². The van der Waals surface area contributed by atoms with Crippen molar-refractivity contribution < 1.29 is 9.59 Å². The maximum Gasteiger partial charge on any atom is 0.313 e. The molecule has 4 N–H and O–H groups in total. The van der Waals surface area contributed by atoms with Gasteiger partial charge in [0, 0.05) is 18.8 Å². The lowest BCUT2D eigenvalue weighted by molar-refractivity contribution is -0.136. The first-order valence-corrected chi connectivity index (χ1v) is 6.05. The van der Waals surface area contributed by atoms with E-state index in [9.17, 15) is 9.59 Å². The molecule has 0 radical (unpaired) electrons. The molecule has 2 amide bonds. The summed E-state index contributed by atoms with van der Waals surface area (Å²) >= 11 is 0. The number of hydrogen-bond acceptors (Lipinski definition) is 3. The number of aryl methyl sites for hydroxylation is 1. The van der Waals surface area contributed by atoms with Gasteiger partial charge < -0.3 is 16.4 Å². The van der Waals surface area contributed by atoms with Gasteiger partial charge in [0.25, 0.3) is 0 Å². The predicted octanol–water partition coefficient (Wildman–Crippen LogP) is 0.653. The molecule has 0 saturated carbocycles. The standard InChI is InChI=1S/C13H19N3O2/c1-2-3-10-4-6-11(7-5-10)16-13(18)12(17)15-9-8-14/h4-7H,2-3,8-9,14H2,1H3,(H,15,17)(H,16,18). The molecule has 0 heterocycles. The summed E-state index contributed by atoms with van der Waals surface area (Å²) in [6.45, 7) is 2.71. The van der Waals surface area contributed by atoms with Gasteiger partial charge in [-0.15, -0.1) is 0 Å². The molecule has 1 aromatic rings. The SMILES string of the molecule is CCCc1ccc(NC(=O)C(=O)NCCN)cc1. The van der Waals surface area contributed by atoms with Crippen molar-refractivity contribution in [3.63, 3.8) is 0 Å². The minimum atomic E-state index is -0.674. The number of carbonyl (C=O) groups is 2. The number of benzene rings is 1. The van der Waals surface area contributed by atoms with Gasteiger partial charge in [-0.25, -0.2) is 0 Å². The van der Waals surface area contributed by atoms with Gasteiger partial charge in [-0.05, 0) is 24.1 Å². The summed E-state index contributed by atoms with van der Waals surface area (Å²) in [6.07, 6.45) is 2.08. The van der Waals surface area contributed by atoms with Gasteiger partial charge in [-0.1, -0.05) is 25.5 Å². The maximum atomic E-state index is 11.5. The molecule has 0 aliphatic rings. The number of nitrogens with one attached hydrogen (secondary N) is 2. The zero-order chi connectivity index (χ0) is 13.4. The smallest absolute Gasteiger partial charge is 0.313 e. The summed E-state index contributed by atoms with van der Waals surface area (Å²) in [5.41, 5.74) is 7.05. The van der Waals surface area contributed by atoms with Gasteiger partial charge in [0.1, 0.15) is 0 Å². The normalized spacial score (nSPS) is 9.89. The number of rotatable bonds is 5. The molecule has 0 saturated heterocycles. The summed E-state index contributed by atoms with van der Waals surface area (Å²) in [6, 6.07) is 7.46. The molecule has 0 atom stereocenters. The first kappa shape index (κ1) is 14.2. The summed E-state index contributed by atoms with van der Waals surface area (Å²) in [4.78, 5) is 22.8. The second-order valence-electron chi connectivity index (χ2n) is 3.95. The van der Waals surface area contributed by atoms with Crippen LogP contribution in [0.3, 0.4) is 0 Å². The van der Waals surface area contributed by atoms with Gasteiger partial charge in [0.05, 0.1) is 0 Å². The van der Waals surface area contributed by atoms with Gasteiger partial charge in [0.2, 0.25) is 0 Å². The van der Waals surface area contributed by atoms with Crippen molar-refractivity contribution >= 4 is 17.5 Å². The molecule has 0 bridgehead atoms. The molecular formula is C13H19N3O2. The van der Waals surface area contributed by atoms with E-state index < -0.39 is 11.8 Å². The zero-order valence-electron chi connectivity index (χ0n) is 10.5. The van der Waals surface area contributed by atoms with E-state index in [0.29, 0.717) is 18.8 Å². The van der Waals surface area contributed by atoms with E-state index in [-0.39, 0.29) is 0 Å². The van der Waals surface area contributed by atoms with Crippen LogP contribution in [0, 0.1) is 0 Å². The zero-order valence-corrected chi connectivity index (χ0v) is 10.5. The number of carbonyl (C=O) groups excluding carboxylic acids is 2. The average Bonchev–Trinajstić information content (AvgIpc) is 2.38. The second-order valence-corrected chi connectivity index (χ2v) is 3.95. The fraction of sp³-hybridized carbons (Fsp3) is 0.385. The number of hydrogen-bond donors (Lipinski definition) is 3. The Kier molecular flexibility index (Phi) is 5.87. The Balaban J connectivity index is 2.51. The monoisotopic (exact) mass is 249 g/mol. The van der Waals surface area contributed by atoms with Crippen LogP contribution in [0.15, 0.2) is 24.3 Å². The van der Waals surface area contributed by atoms with Crippen LogP contribution in [0.25, 0.3) is 0 Å². The molecule has 98 valence electrons. The molecule has 0 unspecified atom stereocenters. The van der Waals surface area contributed by atoms with Crippen LogP contribution in [0.5, 0.6) is 0 Å². The van der Waals surface area contributed by atoms with E-state index in [4.69, 9.17) is 5.73 Å². The summed E-state index contributed by atoms with van der Waals surface area (Å²) < 4.78 is 0. The van der Waals surface area contributed by atoms with Crippen molar-refractivity contribution in [2.24, 2.45) is 5.73 Å². The molecule has 0 aliphatic carbocycles. The Labute approximate surface area is 107 Å². The minimum Gasteiger partial charge on any atom is -0.347 e. The highest BCUT2D eigenvalue weighted by Crippen LogP contribution is 2.10.